The SMILES string of the molecule is C.CC(C)(C)OC(=O)N1C[C@@H](O)[C@H]2OC(C)(C)O[C@H]2C1.CC(C)(C)OC(=O)N1C[C@@H]2OC(C)(C)O[C@@H]2[C@H](OS(C)(=O)=O)C1.CC(C)(C)OC(=O)N1C[C@H](N=[N+]=[N-])[C@H]2OC(C)(C)O[C@H]2C1.CI.CS(=O)(=O)Cl.CS(=O)(=O)N[C@H]1CNC[C@H](O)[C@@H]1O.CS(=O)(=O)O[C@@H]1CNC[C@H](O)[C@@H]1O.Cl.Cl.[Li+].[N-]=[N+]=[N-]. The number of halogens is 4. The molecule has 15 atom stereocenters. The van der Waals surface area contributed by atoms with Gasteiger partial charge in [-0.05, 0) is 114 Å². The van der Waals surface area contributed by atoms with Gasteiger partial charge in [0.15, 0.2) is 17.4 Å². The number of hydrogen-bond acceptors (Lipinski definition) is 30. The van der Waals surface area contributed by atoms with E-state index < -0.39 is 159 Å². The number of ether oxygens (including phenoxy) is 9. The monoisotopic (exact) mass is 1740 g/mol. The summed E-state index contributed by atoms with van der Waals surface area (Å²) in [4.78, 5) is 47.2. The fraction of sp³-hybridized carbons (Fsp3) is 0.945. The molecule has 8 aliphatic heterocycles. The maximum Gasteiger partial charge on any atom is 1.00 e. The van der Waals surface area contributed by atoms with Crippen LogP contribution in [-0.4, -0.2) is 313 Å². The number of carbonyl (C=O) groups excluding carboxylic acids is 3. The third-order valence-electron chi connectivity index (χ3n) is 13.3. The van der Waals surface area contributed by atoms with E-state index in [9.17, 15) is 68.5 Å². The van der Waals surface area contributed by atoms with Crippen LogP contribution in [0.5, 0.6) is 0 Å². The number of sulfonamides is 1. The van der Waals surface area contributed by atoms with Gasteiger partial charge >= 0.3 is 37.1 Å². The summed E-state index contributed by atoms with van der Waals surface area (Å²) in [6, 6.07) is -1.14. The number of fused-ring (bicyclic) bond motifs is 3. The predicted octanol–water partition coefficient (Wildman–Crippen LogP) is 0.127. The van der Waals surface area contributed by atoms with Gasteiger partial charge in [0.25, 0.3) is 20.2 Å². The van der Waals surface area contributed by atoms with Gasteiger partial charge < -0.3 is 105 Å². The molecule has 8 N–H and O–H groups in total. The topological polar surface area (TPSA) is 544 Å². The number of alkyl halides is 1. The van der Waals surface area contributed by atoms with Crippen molar-refractivity contribution in [3.05, 3.63) is 26.4 Å². The van der Waals surface area contributed by atoms with Crippen LogP contribution in [0.1, 0.15) is 111 Å². The summed E-state index contributed by atoms with van der Waals surface area (Å²) >= 11 is 2.15. The first-order chi connectivity index (χ1) is 44.7. The van der Waals surface area contributed by atoms with Gasteiger partial charge in [-0.3, -0.25) is 13.3 Å². The van der Waals surface area contributed by atoms with E-state index in [0.29, 0.717) is 19.6 Å². The zero-order chi connectivity index (χ0) is 77.2. The summed E-state index contributed by atoms with van der Waals surface area (Å²) < 4.78 is 147. The van der Waals surface area contributed by atoms with Crippen LogP contribution in [0.4, 0.5) is 14.4 Å². The summed E-state index contributed by atoms with van der Waals surface area (Å²) in [6.45, 7) is 29.4. The second-order valence-corrected chi connectivity index (χ2v) is 35.8. The molecule has 0 aromatic rings. The molecule has 0 aliphatic carbocycles. The van der Waals surface area contributed by atoms with Gasteiger partial charge in [0, 0.05) is 48.3 Å². The molecule has 0 aromatic heterocycles. The molecule has 0 unspecified atom stereocenters. The first-order valence-electron chi connectivity index (χ1n) is 30.5. The molecule has 0 bridgehead atoms. The molecular formula is C55H109Cl3ILiN12O27S4. The van der Waals surface area contributed by atoms with Crippen molar-refractivity contribution in [3.8, 4) is 0 Å². The van der Waals surface area contributed by atoms with Gasteiger partial charge in [-0.2, -0.15) is 16.8 Å². The largest absolute Gasteiger partial charge is 1.00 e. The molecule has 8 saturated heterocycles. The molecule has 8 rings (SSSR count). The smallest absolute Gasteiger partial charge is 0.444 e. The van der Waals surface area contributed by atoms with Gasteiger partial charge in [-0.1, -0.05) is 35.1 Å². The Morgan fingerprint density at radius 3 is 1.22 bits per heavy atom. The van der Waals surface area contributed by atoms with Crippen molar-refractivity contribution < 1.29 is 143 Å². The molecule has 8 fully saturated rings. The molecule has 0 radical (unpaired) electrons. The minimum atomic E-state index is -3.70. The number of aliphatic hydroxyl groups excluding tert-OH is 5. The molecule has 39 nitrogen and oxygen atoms in total. The number of amides is 3. The van der Waals surface area contributed by atoms with Crippen LogP contribution in [0.25, 0.3) is 26.4 Å². The van der Waals surface area contributed by atoms with E-state index in [4.69, 9.17) is 68.5 Å². The second-order valence-electron chi connectivity index (χ2n) is 27.8. The van der Waals surface area contributed by atoms with Crippen LogP contribution < -0.4 is 34.2 Å². The van der Waals surface area contributed by atoms with Gasteiger partial charge in [0.1, 0.15) is 71.7 Å². The molecule has 604 valence electrons. The molecule has 103 heavy (non-hydrogen) atoms. The number of β-amino-alcohol motifs (C(OH)–C–C–N with tert-alkyl or cyclic N) is 3. The second kappa shape index (κ2) is 44.6. The van der Waals surface area contributed by atoms with E-state index >= 15 is 0 Å². The van der Waals surface area contributed by atoms with E-state index in [0.717, 1.165) is 25.0 Å². The van der Waals surface area contributed by atoms with E-state index in [1.807, 2.05) is 25.7 Å². The van der Waals surface area contributed by atoms with E-state index in [1.165, 1.54) is 19.6 Å². The van der Waals surface area contributed by atoms with E-state index in [2.05, 4.69) is 62.8 Å². The third-order valence-corrected chi connectivity index (χ3v) is 15.2. The molecule has 0 spiro atoms. The van der Waals surface area contributed by atoms with Crippen molar-refractivity contribution >= 4 is 116 Å². The molecule has 0 aromatic carbocycles. The number of likely N-dealkylation sites (tertiary alicyclic amines) is 3. The minimum Gasteiger partial charge on any atom is -0.444 e. The number of nitrogens with zero attached hydrogens (tertiary/aromatic N) is 9. The Balaban J connectivity index is -0.000000577. The summed E-state index contributed by atoms with van der Waals surface area (Å²) in [7, 11) is -9.32. The standard InChI is InChI=1S/C14H25NO7S.C13H22N4O4.C13H23NO5.C6H14N2O4S.C6H13NO5S.CH3ClO2S.CH3I.CH4.2ClH.Li.N3/c1-13(2,3)21-12(16)15-7-9-11(20-14(4,5)19-9)10(8-15)22-23(6,17)18;1-12(2,3)21-11(18)17-6-8(15-16-14)10-9(7-17)19-13(4,5)20-10;1-12(2,3)19-11(16)14-6-8(15)10-9(7-14)17-13(4,5)18-10;1-13(11,12)8-4-2-7-3-5(9)6(4)10;1-13(10,11)12-5-3-7-2-4(8)6(5)9;1-5(2,3)4;1-2;;;;;1-3-2/h9-11H,7-8H2,1-6H3;8-10H,6-7H2,1-5H3;8-10,15H,6-7H2,1-5H3;4-10H,2-3H2,1H3;4-9H,2-3H2,1H3;1H3;1H3;1H4;2*1H;;/q;;;;;;;;;;+1;-1/t9-,10+,11-;8-,9-,10+;8-,9+,10-;4-,5-,6+;4-,5+,6-;;;;;;;/m00100......./s1. The third kappa shape index (κ3) is 43.1. The van der Waals surface area contributed by atoms with Gasteiger partial charge in [0.2, 0.25) is 19.1 Å². The van der Waals surface area contributed by atoms with Crippen molar-refractivity contribution in [3.63, 3.8) is 0 Å². The number of carbonyl (C=O) groups is 3. The number of azide groups is 1. The molecule has 0 saturated carbocycles. The molecule has 8 heterocycles. The number of rotatable bonds is 7. The average Bonchev–Trinajstić information content (AvgIpc) is 1.66. The Morgan fingerprint density at radius 2 is 0.854 bits per heavy atom. The maximum absolute atomic E-state index is 12.3. The molecule has 48 heteroatoms. The first-order valence-corrected chi connectivity index (χ1v) is 40.9. The first kappa shape index (κ1) is 107. The van der Waals surface area contributed by atoms with Crippen LogP contribution in [0.15, 0.2) is 5.11 Å². The normalized spacial score (nSPS) is 29.3. The fourth-order valence-corrected chi connectivity index (χ4v) is 12.2. The van der Waals surface area contributed by atoms with Crippen molar-refractivity contribution in [1.29, 1.82) is 0 Å². The van der Waals surface area contributed by atoms with Crippen LogP contribution in [0.3, 0.4) is 0 Å². The number of aliphatic hydroxyl groups is 5. The van der Waals surface area contributed by atoms with Crippen molar-refractivity contribution in [1.82, 2.24) is 30.1 Å². The zero-order valence-electron chi connectivity index (χ0n) is 61.2. The van der Waals surface area contributed by atoms with E-state index in [1.54, 1.807) is 83.1 Å². The summed E-state index contributed by atoms with van der Waals surface area (Å²) in [6.07, 6.45) is -6.59. The Bertz CT molecular complexity index is 3110. The van der Waals surface area contributed by atoms with Crippen LogP contribution in [0.2, 0.25) is 0 Å². The quantitative estimate of drug-likeness (QED) is 0.0193. The summed E-state index contributed by atoms with van der Waals surface area (Å²) in [5, 5.41) is 56.4. The Hall–Kier alpha value is -2.21. The average molecular weight is 1740 g/mol. The fourth-order valence-electron chi connectivity index (χ4n) is 10.2. The van der Waals surface area contributed by atoms with Crippen LogP contribution in [-0.2, 0) is 90.3 Å². The molecule has 3 amide bonds. The minimum absolute atomic E-state index is 0. The predicted molar refractivity (Wildman–Crippen MR) is 387 cm³/mol. The summed E-state index contributed by atoms with van der Waals surface area (Å²) in [5.41, 5.74) is 20.4. The van der Waals surface area contributed by atoms with Crippen LogP contribution in [0, 0.1) is 0 Å². The number of hydrogen-bond donors (Lipinski definition) is 8. The van der Waals surface area contributed by atoms with Crippen molar-refractivity contribution in [2.45, 2.75) is 237 Å². The number of nitrogens with one attached hydrogen (secondary N) is 3. The Labute approximate surface area is 648 Å². The molecule has 8 aliphatic rings. The van der Waals surface area contributed by atoms with Gasteiger partial charge in [0.05, 0.1) is 94.2 Å². The van der Waals surface area contributed by atoms with Gasteiger partial charge in [-0.15, -0.1) is 24.8 Å². The Kier molecular flexibility index (Phi) is 46.4. The van der Waals surface area contributed by atoms with E-state index in [-0.39, 0.29) is 121 Å². The molecular weight excluding hydrogens is 1630 g/mol. The zero-order valence-corrected chi connectivity index (χ0v) is 69.0. The maximum atomic E-state index is 12.3. The number of piperidine rings is 5. The van der Waals surface area contributed by atoms with Crippen molar-refractivity contribution in [2.75, 3.05) is 95.4 Å². The Morgan fingerprint density at radius 1 is 0.534 bits per heavy atom. The summed E-state index contributed by atoms with van der Waals surface area (Å²) in [5.74, 6) is -2.33. The van der Waals surface area contributed by atoms with Gasteiger partial charge in [-0.25, -0.2) is 35.9 Å². The van der Waals surface area contributed by atoms with Crippen LogP contribution >= 0.6 is 58.1 Å². The van der Waals surface area contributed by atoms with Crippen molar-refractivity contribution in [2.24, 2.45) is 5.11 Å².